The molecule has 1 aromatic rings. The van der Waals surface area contributed by atoms with Crippen LogP contribution in [0.5, 0.6) is 0 Å². The quantitative estimate of drug-likeness (QED) is 0.870. The average Bonchev–Trinajstić information content (AvgIpc) is 2.91. The SMILES string of the molecule is CC1(c2noc(C3CCCNC3)n2)CCCCO1. The predicted molar refractivity (Wildman–Crippen MR) is 66.3 cm³/mol. The lowest BCUT2D eigenvalue weighted by Gasteiger charge is -2.30. The summed E-state index contributed by atoms with van der Waals surface area (Å²) in [6.07, 6.45) is 5.59. The molecule has 5 heteroatoms. The van der Waals surface area contributed by atoms with Crippen LogP contribution in [0, 0.1) is 0 Å². The Morgan fingerprint density at radius 2 is 2.28 bits per heavy atom. The predicted octanol–water partition coefficient (Wildman–Crippen LogP) is 1.95. The first kappa shape index (κ1) is 12.1. The van der Waals surface area contributed by atoms with Gasteiger partial charge in [-0.1, -0.05) is 5.16 Å². The van der Waals surface area contributed by atoms with Crippen molar-refractivity contribution in [2.45, 2.75) is 50.5 Å². The van der Waals surface area contributed by atoms with Gasteiger partial charge in [-0.2, -0.15) is 4.98 Å². The first-order chi connectivity index (χ1) is 8.78. The molecule has 18 heavy (non-hydrogen) atoms. The average molecular weight is 251 g/mol. The van der Waals surface area contributed by atoms with Crippen LogP contribution in [-0.2, 0) is 10.3 Å². The minimum atomic E-state index is -0.345. The van der Waals surface area contributed by atoms with Crippen molar-refractivity contribution in [3.8, 4) is 0 Å². The van der Waals surface area contributed by atoms with Crippen LogP contribution in [0.3, 0.4) is 0 Å². The second kappa shape index (κ2) is 4.97. The van der Waals surface area contributed by atoms with Crippen LogP contribution >= 0.6 is 0 Å². The summed E-state index contributed by atoms with van der Waals surface area (Å²) >= 11 is 0. The Bertz CT molecular complexity index is 393. The van der Waals surface area contributed by atoms with E-state index in [9.17, 15) is 0 Å². The lowest BCUT2D eigenvalue weighted by atomic mass is 9.95. The van der Waals surface area contributed by atoms with Crippen LogP contribution in [0.15, 0.2) is 4.52 Å². The molecule has 2 aliphatic rings. The standard InChI is InChI=1S/C13H21N3O2/c1-13(6-2-3-8-17-13)12-15-11(18-16-12)10-5-4-7-14-9-10/h10,14H,2-9H2,1H3. The number of hydrogen-bond acceptors (Lipinski definition) is 5. The smallest absolute Gasteiger partial charge is 0.231 e. The van der Waals surface area contributed by atoms with Crippen molar-refractivity contribution < 1.29 is 9.26 Å². The molecule has 0 aliphatic carbocycles. The molecule has 3 heterocycles. The third-order valence-corrected chi connectivity index (χ3v) is 4.03. The molecule has 0 amide bonds. The van der Waals surface area contributed by atoms with Crippen LogP contribution in [0.4, 0.5) is 0 Å². The van der Waals surface area contributed by atoms with Crippen LogP contribution in [0.1, 0.15) is 56.7 Å². The van der Waals surface area contributed by atoms with E-state index in [1.807, 2.05) is 0 Å². The molecule has 0 radical (unpaired) electrons. The van der Waals surface area contributed by atoms with Crippen LogP contribution in [-0.4, -0.2) is 29.8 Å². The van der Waals surface area contributed by atoms with E-state index in [-0.39, 0.29) is 5.60 Å². The summed E-state index contributed by atoms with van der Waals surface area (Å²) in [4.78, 5) is 4.59. The third kappa shape index (κ3) is 2.29. The van der Waals surface area contributed by atoms with E-state index >= 15 is 0 Å². The zero-order valence-electron chi connectivity index (χ0n) is 10.9. The fourth-order valence-electron chi connectivity index (χ4n) is 2.79. The van der Waals surface area contributed by atoms with Gasteiger partial charge in [-0.05, 0) is 45.6 Å². The summed E-state index contributed by atoms with van der Waals surface area (Å²) in [5.41, 5.74) is -0.345. The summed E-state index contributed by atoms with van der Waals surface area (Å²) in [7, 11) is 0. The van der Waals surface area contributed by atoms with E-state index in [0.717, 1.165) is 50.7 Å². The van der Waals surface area contributed by atoms with E-state index in [4.69, 9.17) is 9.26 Å². The van der Waals surface area contributed by atoms with E-state index in [0.29, 0.717) is 5.92 Å². The highest BCUT2D eigenvalue weighted by atomic mass is 16.5. The third-order valence-electron chi connectivity index (χ3n) is 4.03. The Morgan fingerprint density at radius 3 is 3.00 bits per heavy atom. The van der Waals surface area contributed by atoms with Gasteiger partial charge >= 0.3 is 0 Å². The van der Waals surface area contributed by atoms with Crippen molar-refractivity contribution in [3.05, 3.63) is 11.7 Å². The van der Waals surface area contributed by atoms with Crippen LogP contribution < -0.4 is 5.32 Å². The van der Waals surface area contributed by atoms with Gasteiger partial charge in [0.05, 0.1) is 5.92 Å². The zero-order valence-corrected chi connectivity index (χ0v) is 10.9. The summed E-state index contributed by atoms with van der Waals surface area (Å²) in [5.74, 6) is 1.86. The summed E-state index contributed by atoms with van der Waals surface area (Å²) in [6.45, 7) is 4.91. The topological polar surface area (TPSA) is 60.2 Å². The van der Waals surface area contributed by atoms with Gasteiger partial charge in [0.15, 0.2) is 0 Å². The van der Waals surface area contributed by atoms with E-state index in [1.165, 1.54) is 12.8 Å². The van der Waals surface area contributed by atoms with Gasteiger partial charge in [0.25, 0.3) is 0 Å². The fourth-order valence-corrected chi connectivity index (χ4v) is 2.79. The number of nitrogens with one attached hydrogen (secondary N) is 1. The van der Waals surface area contributed by atoms with Crippen LogP contribution in [0.25, 0.3) is 0 Å². The lowest BCUT2D eigenvalue weighted by molar-refractivity contribution is -0.0770. The minimum Gasteiger partial charge on any atom is -0.367 e. The molecular formula is C13H21N3O2. The van der Waals surface area contributed by atoms with E-state index < -0.39 is 0 Å². The van der Waals surface area contributed by atoms with Crippen molar-refractivity contribution in [3.63, 3.8) is 0 Å². The maximum Gasteiger partial charge on any atom is 0.231 e. The van der Waals surface area contributed by atoms with Gasteiger partial charge in [0.1, 0.15) is 5.60 Å². The fraction of sp³-hybridized carbons (Fsp3) is 0.846. The first-order valence-electron chi connectivity index (χ1n) is 6.97. The maximum atomic E-state index is 5.85. The largest absolute Gasteiger partial charge is 0.367 e. The van der Waals surface area contributed by atoms with Gasteiger partial charge in [0, 0.05) is 13.2 Å². The second-order valence-corrected chi connectivity index (χ2v) is 5.54. The number of ether oxygens (including phenoxy) is 1. The molecule has 2 fully saturated rings. The molecule has 0 aromatic carbocycles. The Balaban J connectivity index is 1.75. The molecule has 0 saturated carbocycles. The second-order valence-electron chi connectivity index (χ2n) is 5.54. The molecule has 0 spiro atoms. The molecule has 2 unspecified atom stereocenters. The molecule has 5 nitrogen and oxygen atoms in total. The number of hydrogen-bond donors (Lipinski definition) is 1. The molecule has 2 aliphatic heterocycles. The number of aromatic nitrogens is 2. The van der Waals surface area contributed by atoms with Gasteiger partial charge in [-0.15, -0.1) is 0 Å². The van der Waals surface area contributed by atoms with Gasteiger partial charge < -0.3 is 14.6 Å². The van der Waals surface area contributed by atoms with Gasteiger partial charge in [-0.25, -0.2) is 0 Å². The Hall–Kier alpha value is -0.940. The van der Waals surface area contributed by atoms with Crippen molar-refractivity contribution >= 4 is 0 Å². The van der Waals surface area contributed by atoms with E-state index in [2.05, 4.69) is 22.4 Å². The van der Waals surface area contributed by atoms with Crippen molar-refractivity contribution in [1.82, 2.24) is 15.5 Å². The minimum absolute atomic E-state index is 0.345. The Labute approximate surface area is 107 Å². The van der Waals surface area contributed by atoms with Crippen molar-refractivity contribution in [2.75, 3.05) is 19.7 Å². The zero-order chi connectivity index (χ0) is 12.4. The molecule has 2 atom stereocenters. The maximum absolute atomic E-state index is 5.85. The number of nitrogens with zero attached hydrogens (tertiary/aromatic N) is 2. The number of rotatable bonds is 2. The highest BCUT2D eigenvalue weighted by Crippen LogP contribution is 2.33. The molecular weight excluding hydrogens is 230 g/mol. The lowest BCUT2D eigenvalue weighted by Crippen LogP contribution is -2.32. The van der Waals surface area contributed by atoms with E-state index in [1.54, 1.807) is 0 Å². The Morgan fingerprint density at radius 1 is 1.33 bits per heavy atom. The Kier molecular flexibility index (Phi) is 3.35. The van der Waals surface area contributed by atoms with Crippen LogP contribution in [0.2, 0.25) is 0 Å². The normalized spacial score (nSPS) is 33.5. The monoisotopic (exact) mass is 251 g/mol. The highest BCUT2D eigenvalue weighted by molar-refractivity contribution is 5.04. The molecule has 1 aromatic heterocycles. The van der Waals surface area contributed by atoms with Gasteiger partial charge in [0.2, 0.25) is 11.7 Å². The highest BCUT2D eigenvalue weighted by Gasteiger charge is 2.35. The molecule has 1 N–H and O–H groups in total. The molecule has 3 rings (SSSR count). The number of piperidine rings is 1. The first-order valence-corrected chi connectivity index (χ1v) is 6.97. The summed E-state index contributed by atoms with van der Waals surface area (Å²) in [6, 6.07) is 0. The summed E-state index contributed by atoms with van der Waals surface area (Å²) < 4.78 is 11.3. The molecule has 0 bridgehead atoms. The molecule has 100 valence electrons. The van der Waals surface area contributed by atoms with Crippen molar-refractivity contribution in [1.29, 1.82) is 0 Å². The molecule has 2 saturated heterocycles. The summed E-state index contributed by atoms with van der Waals surface area (Å²) in [5, 5.41) is 7.52. The van der Waals surface area contributed by atoms with Crippen molar-refractivity contribution in [2.24, 2.45) is 0 Å². The van der Waals surface area contributed by atoms with Gasteiger partial charge in [-0.3, -0.25) is 0 Å².